The number of aromatic nitrogens is 3. The summed E-state index contributed by atoms with van der Waals surface area (Å²) in [4.78, 5) is 14.4. The van der Waals surface area contributed by atoms with Gasteiger partial charge in [0.05, 0.1) is 31.3 Å². The molecule has 1 aromatic carbocycles. The minimum atomic E-state index is -0.249. The maximum Gasteiger partial charge on any atom is 0.236 e. The molecular formula is C16H20N4O3S. The van der Waals surface area contributed by atoms with Crippen molar-refractivity contribution in [1.82, 2.24) is 19.7 Å². The zero-order valence-electron chi connectivity index (χ0n) is 13.7. The third kappa shape index (κ3) is 3.54. The van der Waals surface area contributed by atoms with Crippen molar-refractivity contribution in [2.24, 2.45) is 0 Å². The molecule has 1 unspecified atom stereocenters. The maximum absolute atomic E-state index is 12.6. The van der Waals surface area contributed by atoms with Crippen molar-refractivity contribution in [3.05, 3.63) is 30.6 Å². The Labute approximate surface area is 145 Å². The van der Waals surface area contributed by atoms with E-state index in [2.05, 4.69) is 10.2 Å². The number of benzene rings is 1. The zero-order valence-corrected chi connectivity index (χ0v) is 14.5. The van der Waals surface area contributed by atoms with Gasteiger partial charge in [0.2, 0.25) is 5.91 Å². The summed E-state index contributed by atoms with van der Waals surface area (Å²) in [5, 5.41) is 8.56. The second-order valence-corrected chi connectivity index (χ2v) is 6.66. The van der Waals surface area contributed by atoms with Crippen LogP contribution in [0, 0.1) is 0 Å². The highest BCUT2D eigenvalue weighted by Crippen LogP contribution is 2.29. The van der Waals surface area contributed by atoms with E-state index in [1.165, 1.54) is 11.8 Å². The first-order valence-electron chi connectivity index (χ1n) is 7.77. The minimum Gasteiger partial charge on any atom is -0.495 e. The van der Waals surface area contributed by atoms with Gasteiger partial charge in [-0.15, -0.1) is 10.2 Å². The molecular weight excluding hydrogens is 328 g/mol. The van der Waals surface area contributed by atoms with Crippen LogP contribution in [0.3, 0.4) is 0 Å². The summed E-state index contributed by atoms with van der Waals surface area (Å²) in [5.41, 5.74) is 0.846. The monoisotopic (exact) mass is 348 g/mol. The van der Waals surface area contributed by atoms with Crippen molar-refractivity contribution in [3.8, 4) is 11.4 Å². The maximum atomic E-state index is 12.6. The molecule has 7 nitrogen and oxygen atoms in total. The molecule has 24 heavy (non-hydrogen) atoms. The van der Waals surface area contributed by atoms with Gasteiger partial charge in [-0.2, -0.15) is 0 Å². The second-order valence-electron chi connectivity index (χ2n) is 5.35. The van der Waals surface area contributed by atoms with Crippen molar-refractivity contribution in [2.75, 3.05) is 33.4 Å². The number of ether oxygens (including phenoxy) is 2. The van der Waals surface area contributed by atoms with E-state index in [0.717, 1.165) is 11.4 Å². The molecule has 0 bridgehead atoms. The molecule has 2 aromatic rings. The minimum absolute atomic E-state index is 0.0953. The number of hydrogen-bond donors (Lipinski definition) is 0. The lowest BCUT2D eigenvalue weighted by Crippen LogP contribution is -2.44. The Morgan fingerprint density at radius 2 is 2.08 bits per heavy atom. The normalized spacial score (nSPS) is 16.0. The number of amides is 1. The van der Waals surface area contributed by atoms with Crippen LogP contribution in [-0.4, -0.2) is 64.2 Å². The Kier molecular flexibility index (Phi) is 5.37. The van der Waals surface area contributed by atoms with Crippen molar-refractivity contribution < 1.29 is 14.3 Å². The predicted molar refractivity (Wildman–Crippen MR) is 90.6 cm³/mol. The van der Waals surface area contributed by atoms with Crippen molar-refractivity contribution >= 4 is 17.7 Å². The smallest absolute Gasteiger partial charge is 0.236 e. The van der Waals surface area contributed by atoms with Gasteiger partial charge in [-0.05, 0) is 19.1 Å². The van der Waals surface area contributed by atoms with Gasteiger partial charge in [-0.25, -0.2) is 0 Å². The standard InChI is InChI=1S/C16H20N4O3S/c1-12(15(21)19-7-9-23-10-8-19)24-16-18-17-11-20(16)13-5-3-4-6-14(13)22-2/h3-6,11-12H,7-10H2,1-2H3. The number of para-hydroxylation sites is 2. The molecule has 2 heterocycles. The Balaban J connectivity index is 1.76. The van der Waals surface area contributed by atoms with Gasteiger partial charge in [0, 0.05) is 13.1 Å². The number of methoxy groups -OCH3 is 1. The molecule has 1 atom stereocenters. The molecule has 0 aliphatic carbocycles. The number of hydrogen-bond acceptors (Lipinski definition) is 6. The van der Waals surface area contributed by atoms with Crippen LogP contribution in [0.2, 0.25) is 0 Å². The first kappa shape index (κ1) is 16.8. The molecule has 0 saturated carbocycles. The highest BCUT2D eigenvalue weighted by molar-refractivity contribution is 8.00. The average molecular weight is 348 g/mol. The summed E-state index contributed by atoms with van der Waals surface area (Å²) in [6.07, 6.45) is 1.63. The van der Waals surface area contributed by atoms with Gasteiger partial charge >= 0.3 is 0 Å². The molecule has 128 valence electrons. The summed E-state index contributed by atoms with van der Waals surface area (Å²) in [7, 11) is 1.63. The lowest BCUT2D eigenvalue weighted by atomic mass is 10.3. The molecule has 0 N–H and O–H groups in total. The van der Waals surface area contributed by atoms with Gasteiger partial charge < -0.3 is 14.4 Å². The number of nitrogens with zero attached hydrogens (tertiary/aromatic N) is 4. The molecule has 1 fully saturated rings. The Bertz CT molecular complexity index is 700. The lowest BCUT2D eigenvalue weighted by Gasteiger charge is -2.28. The molecule has 3 rings (SSSR count). The molecule has 0 spiro atoms. The van der Waals surface area contributed by atoms with Crippen LogP contribution in [0.5, 0.6) is 5.75 Å². The SMILES string of the molecule is COc1ccccc1-n1cnnc1SC(C)C(=O)N1CCOCC1. The van der Waals surface area contributed by atoms with E-state index in [9.17, 15) is 4.79 Å². The summed E-state index contributed by atoms with van der Waals surface area (Å²) in [6.45, 7) is 4.37. The van der Waals surface area contributed by atoms with Crippen molar-refractivity contribution in [2.45, 2.75) is 17.3 Å². The van der Waals surface area contributed by atoms with E-state index in [4.69, 9.17) is 9.47 Å². The van der Waals surface area contributed by atoms with E-state index in [1.54, 1.807) is 13.4 Å². The molecule has 1 saturated heterocycles. The van der Waals surface area contributed by atoms with Crippen LogP contribution in [0.4, 0.5) is 0 Å². The van der Waals surface area contributed by atoms with E-state index in [1.807, 2.05) is 40.7 Å². The number of carbonyl (C=O) groups is 1. The summed E-state index contributed by atoms with van der Waals surface area (Å²) < 4.78 is 12.5. The number of thioether (sulfide) groups is 1. The predicted octanol–water partition coefficient (Wildman–Crippen LogP) is 1.62. The van der Waals surface area contributed by atoms with Gasteiger partial charge in [0.15, 0.2) is 5.16 Å². The number of carbonyl (C=O) groups excluding carboxylic acids is 1. The van der Waals surface area contributed by atoms with Crippen molar-refractivity contribution in [3.63, 3.8) is 0 Å². The third-order valence-electron chi connectivity index (χ3n) is 3.81. The molecule has 0 radical (unpaired) electrons. The number of morpholine rings is 1. The summed E-state index contributed by atoms with van der Waals surface area (Å²) >= 11 is 1.39. The van der Waals surface area contributed by atoms with E-state index < -0.39 is 0 Å². The van der Waals surface area contributed by atoms with Crippen LogP contribution in [0.1, 0.15) is 6.92 Å². The fourth-order valence-electron chi connectivity index (χ4n) is 2.55. The van der Waals surface area contributed by atoms with Crippen LogP contribution in [-0.2, 0) is 9.53 Å². The van der Waals surface area contributed by atoms with Crippen LogP contribution in [0.15, 0.2) is 35.7 Å². The van der Waals surface area contributed by atoms with Crippen LogP contribution in [0.25, 0.3) is 5.69 Å². The van der Waals surface area contributed by atoms with E-state index in [-0.39, 0.29) is 11.2 Å². The molecule has 1 aliphatic heterocycles. The fourth-order valence-corrected chi connectivity index (χ4v) is 3.47. The first-order valence-corrected chi connectivity index (χ1v) is 8.65. The average Bonchev–Trinajstić information content (AvgIpc) is 3.09. The van der Waals surface area contributed by atoms with Gasteiger partial charge in [-0.3, -0.25) is 9.36 Å². The fraction of sp³-hybridized carbons (Fsp3) is 0.438. The third-order valence-corrected chi connectivity index (χ3v) is 4.86. The quantitative estimate of drug-likeness (QED) is 0.765. The summed E-state index contributed by atoms with van der Waals surface area (Å²) in [6, 6.07) is 7.64. The number of rotatable bonds is 5. The lowest BCUT2D eigenvalue weighted by molar-refractivity contribution is -0.134. The van der Waals surface area contributed by atoms with E-state index >= 15 is 0 Å². The molecule has 1 aromatic heterocycles. The second kappa shape index (κ2) is 7.67. The highest BCUT2D eigenvalue weighted by atomic mass is 32.2. The molecule has 1 amide bonds. The van der Waals surface area contributed by atoms with Crippen LogP contribution < -0.4 is 4.74 Å². The highest BCUT2D eigenvalue weighted by Gasteiger charge is 2.25. The Morgan fingerprint density at radius 1 is 1.33 bits per heavy atom. The summed E-state index contributed by atoms with van der Waals surface area (Å²) in [5.74, 6) is 0.823. The topological polar surface area (TPSA) is 69.5 Å². The molecule has 8 heteroatoms. The largest absolute Gasteiger partial charge is 0.495 e. The van der Waals surface area contributed by atoms with Crippen molar-refractivity contribution in [1.29, 1.82) is 0 Å². The molecule has 1 aliphatic rings. The van der Waals surface area contributed by atoms with Gasteiger partial charge in [-0.1, -0.05) is 23.9 Å². The first-order chi connectivity index (χ1) is 11.7. The zero-order chi connectivity index (χ0) is 16.9. The van der Waals surface area contributed by atoms with Crippen LogP contribution >= 0.6 is 11.8 Å². The van der Waals surface area contributed by atoms with Gasteiger partial charge in [0.1, 0.15) is 12.1 Å². The van der Waals surface area contributed by atoms with E-state index in [0.29, 0.717) is 31.5 Å². The Hall–Kier alpha value is -2.06. The van der Waals surface area contributed by atoms with Gasteiger partial charge in [0.25, 0.3) is 0 Å². The Morgan fingerprint density at radius 3 is 2.83 bits per heavy atom.